The second-order valence-electron chi connectivity index (χ2n) is 5.28. The predicted octanol–water partition coefficient (Wildman–Crippen LogP) is 2.50. The standard InChI is InChI=1S/C15H18N2O2/c1-11-3-4-13(12(2)9-11)17-7-5-15(10-16,6-8-17)14(18)19/h3-4,9H,5-8H2,1-2H3,(H,18,19). The van der Waals surface area contributed by atoms with Gasteiger partial charge in [-0.15, -0.1) is 0 Å². The van der Waals surface area contributed by atoms with Crippen LogP contribution in [0.3, 0.4) is 0 Å². The Morgan fingerprint density at radius 3 is 2.47 bits per heavy atom. The fourth-order valence-electron chi connectivity index (χ4n) is 2.66. The first-order valence-electron chi connectivity index (χ1n) is 6.45. The summed E-state index contributed by atoms with van der Waals surface area (Å²) in [4.78, 5) is 13.4. The second-order valence-corrected chi connectivity index (χ2v) is 5.28. The molecular weight excluding hydrogens is 240 g/mol. The highest BCUT2D eigenvalue weighted by molar-refractivity contribution is 5.78. The van der Waals surface area contributed by atoms with Crippen molar-refractivity contribution in [1.82, 2.24) is 0 Å². The number of hydrogen-bond donors (Lipinski definition) is 1. The largest absolute Gasteiger partial charge is 0.480 e. The Hall–Kier alpha value is -2.02. The lowest BCUT2D eigenvalue weighted by molar-refractivity contribution is -0.146. The first-order chi connectivity index (χ1) is 8.98. The number of piperidine rings is 1. The van der Waals surface area contributed by atoms with Gasteiger partial charge in [0.1, 0.15) is 0 Å². The van der Waals surface area contributed by atoms with Crippen molar-refractivity contribution >= 4 is 11.7 Å². The van der Waals surface area contributed by atoms with Gasteiger partial charge in [0.05, 0.1) is 6.07 Å². The molecule has 0 amide bonds. The number of anilines is 1. The molecule has 100 valence electrons. The third-order valence-corrected chi connectivity index (χ3v) is 3.93. The van der Waals surface area contributed by atoms with Crippen LogP contribution in [0.4, 0.5) is 5.69 Å². The molecule has 0 aromatic heterocycles. The third-order valence-electron chi connectivity index (χ3n) is 3.93. The molecule has 0 spiro atoms. The number of nitriles is 1. The van der Waals surface area contributed by atoms with Crippen LogP contribution in [0, 0.1) is 30.6 Å². The zero-order valence-corrected chi connectivity index (χ0v) is 11.3. The average Bonchev–Trinajstić information content (AvgIpc) is 2.39. The van der Waals surface area contributed by atoms with Crippen molar-refractivity contribution in [2.75, 3.05) is 18.0 Å². The minimum absolute atomic E-state index is 0.381. The molecule has 1 N–H and O–H groups in total. The summed E-state index contributed by atoms with van der Waals surface area (Å²) in [6.45, 7) is 5.34. The summed E-state index contributed by atoms with van der Waals surface area (Å²) in [6.07, 6.45) is 0.762. The Labute approximate surface area is 113 Å². The monoisotopic (exact) mass is 258 g/mol. The first-order valence-corrected chi connectivity index (χ1v) is 6.45. The van der Waals surface area contributed by atoms with Crippen molar-refractivity contribution in [2.24, 2.45) is 5.41 Å². The van der Waals surface area contributed by atoms with Crippen molar-refractivity contribution in [2.45, 2.75) is 26.7 Å². The molecule has 0 atom stereocenters. The van der Waals surface area contributed by atoms with Crippen LogP contribution in [0.2, 0.25) is 0 Å². The van der Waals surface area contributed by atoms with Crippen LogP contribution in [0.1, 0.15) is 24.0 Å². The second kappa shape index (κ2) is 4.93. The van der Waals surface area contributed by atoms with Gasteiger partial charge >= 0.3 is 5.97 Å². The van der Waals surface area contributed by atoms with E-state index < -0.39 is 11.4 Å². The van der Waals surface area contributed by atoms with Crippen LogP contribution in [0.25, 0.3) is 0 Å². The van der Waals surface area contributed by atoms with Gasteiger partial charge in [-0.1, -0.05) is 17.7 Å². The third kappa shape index (κ3) is 2.41. The van der Waals surface area contributed by atoms with E-state index in [0.29, 0.717) is 25.9 Å². The SMILES string of the molecule is Cc1ccc(N2CCC(C#N)(C(=O)O)CC2)c(C)c1. The minimum Gasteiger partial charge on any atom is -0.480 e. The maximum atomic E-state index is 11.2. The maximum absolute atomic E-state index is 11.2. The number of aryl methyl sites for hydroxylation is 2. The molecule has 1 aliphatic heterocycles. The molecule has 19 heavy (non-hydrogen) atoms. The summed E-state index contributed by atoms with van der Waals surface area (Å²) in [7, 11) is 0. The topological polar surface area (TPSA) is 64.3 Å². The van der Waals surface area contributed by atoms with Gasteiger partial charge in [0.2, 0.25) is 0 Å². The van der Waals surface area contributed by atoms with Crippen LogP contribution < -0.4 is 4.90 Å². The van der Waals surface area contributed by atoms with Gasteiger partial charge in [0.25, 0.3) is 0 Å². The van der Waals surface area contributed by atoms with Gasteiger partial charge in [-0.2, -0.15) is 5.26 Å². The fourth-order valence-corrected chi connectivity index (χ4v) is 2.66. The van der Waals surface area contributed by atoms with E-state index in [1.165, 1.54) is 11.1 Å². The molecular formula is C15H18N2O2. The number of nitrogens with zero attached hydrogens (tertiary/aromatic N) is 2. The lowest BCUT2D eigenvalue weighted by Crippen LogP contribution is -2.43. The van der Waals surface area contributed by atoms with Gasteiger partial charge in [-0.25, -0.2) is 0 Å². The van der Waals surface area contributed by atoms with Gasteiger partial charge in [-0.3, -0.25) is 4.79 Å². The predicted molar refractivity (Wildman–Crippen MR) is 73.0 cm³/mol. The summed E-state index contributed by atoms with van der Waals surface area (Å²) in [5.74, 6) is -0.990. The summed E-state index contributed by atoms with van der Waals surface area (Å²) < 4.78 is 0. The number of carboxylic acids is 1. The molecule has 0 unspecified atom stereocenters. The molecule has 0 saturated carbocycles. The molecule has 1 fully saturated rings. The quantitative estimate of drug-likeness (QED) is 0.885. The Bertz CT molecular complexity index is 538. The summed E-state index contributed by atoms with van der Waals surface area (Å²) in [5.41, 5.74) is 2.35. The highest BCUT2D eigenvalue weighted by atomic mass is 16.4. The molecule has 0 radical (unpaired) electrons. The minimum atomic E-state index is -1.20. The first kappa shape index (κ1) is 13.4. The fraction of sp³-hybridized carbons (Fsp3) is 0.467. The zero-order chi connectivity index (χ0) is 14.0. The van der Waals surface area contributed by atoms with E-state index in [0.717, 1.165) is 5.69 Å². The van der Waals surface area contributed by atoms with Gasteiger partial charge in [-0.05, 0) is 38.3 Å². The van der Waals surface area contributed by atoms with Crippen LogP contribution in [0.15, 0.2) is 18.2 Å². The van der Waals surface area contributed by atoms with Crippen LogP contribution >= 0.6 is 0 Å². The van der Waals surface area contributed by atoms with E-state index in [-0.39, 0.29) is 0 Å². The van der Waals surface area contributed by atoms with E-state index in [1.807, 2.05) is 6.07 Å². The van der Waals surface area contributed by atoms with Gasteiger partial charge in [0, 0.05) is 18.8 Å². The number of carbonyl (C=O) groups is 1. The number of carboxylic acid groups (broad SMARTS) is 1. The molecule has 4 nitrogen and oxygen atoms in total. The Morgan fingerprint density at radius 1 is 1.37 bits per heavy atom. The number of benzene rings is 1. The van der Waals surface area contributed by atoms with Crippen LogP contribution in [0.5, 0.6) is 0 Å². The molecule has 0 aliphatic carbocycles. The summed E-state index contributed by atoms with van der Waals surface area (Å²) in [6, 6.07) is 8.25. The molecule has 0 bridgehead atoms. The number of hydrogen-bond acceptors (Lipinski definition) is 3. The van der Waals surface area contributed by atoms with E-state index in [9.17, 15) is 9.90 Å². The zero-order valence-electron chi connectivity index (χ0n) is 11.3. The molecule has 1 aromatic rings. The molecule has 2 rings (SSSR count). The van der Waals surface area contributed by atoms with E-state index in [4.69, 9.17) is 5.26 Å². The highest BCUT2D eigenvalue weighted by Crippen LogP contribution is 2.34. The summed E-state index contributed by atoms with van der Waals surface area (Å²) in [5, 5.41) is 18.3. The highest BCUT2D eigenvalue weighted by Gasteiger charge is 2.42. The van der Waals surface area contributed by atoms with Crippen molar-refractivity contribution in [3.63, 3.8) is 0 Å². The van der Waals surface area contributed by atoms with Crippen molar-refractivity contribution in [1.29, 1.82) is 5.26 Å². The lowest BCUT2D eigenvalue weighted by Gasteiger charge is -2.36. The average molecular weight is 258 g/mol. The Morgan fingerprint density at radius 2 is 2.00 bits per heavy atom. The molecule has 1 heterocycles. The molecule has 1 aromatic carbocycles. The number of aliphatic carboxylic acids is 1. The normalized spacial score (nSPS) is 17.8. The molecule has 4 heteroatoms. The van der Waals surface area contributed by atoms with Gasteiger partial charge in [0.15, 0.2) is 5.41 Å². The Balaban J connectivity index is 2.16. The van der Waals surface area contributed by atoms with E-state index in [1.54, 1.807) is 0 Å². The number of rotatable bonds is 2. The molecule has 1 aliphatic rings. The van der Waals surface area contributed by atoms with Crippen molar-refractivity contribution in [3.05, 3.63) is 29.3 Å². The van der Waals surface area contributed by atoms with Crippen molar-refractivity contribution < 1.29 is 9.90 Å². The van der Waals surface area contributed by atoms with Crippen LogP contribution in [-0.4, -0.2) is 24.2 Å². The van der Waals surface area contributed by atoms with Crippen molar-refractivity contribution in [3.8, 4) is 6.07 Å². The van der Waals surface area contributed by atoms with Gasteiger partial charge < -0.3 is 10.0 Å². The smallest absolute Gasteiger partial charge is 0.324 e. The van der Waals surface area contributed by atoms with E-state index >= 15 is 0 Å². The Kier molecular flexibility index (Phi) is 3.48. The summed E-state index contributed by atoms with van der Waals surface area (Å²) >= 11 is 0. The lowest BCUT2D eigenvalue weighted by atomic mass is 9.79. The molecule has 1 saturated heterocycles. The van der Waals surface area contributed by atoms with Crippen LogP contribution in [-0.2, 0) is 4.79 Å². The maximum Gasteiger partial charge on any atom is 0.324 e. The van der Waals surface area contributed by atoms with E-state index in [2.05, 4.69) is 36.9 Å².